The van der Waals surface area contributed by atoms with Gasteiger partial charge in [-0.25, -0.2) is 0 Å². The summed E-state index contributed by atoms with van der Waals surface area (Å²) < 4.78 is 2.21. The number of rotatable bonds is 9. The van der Waals surface area contributed by atoms with E-state index in [-0.39, 0.29) is 26.8 Å². The van der Waals surface area contributed by atoms with Crippen molar-refractivity contribution in [3.8, 4) is 56.5 Å². The quantitative estimate of drug-likeness (QED) is 0.148. The zero-order chi connectivity index (χ0) is 34.1. The zero-order valence-corrected chi connectivity index (χ0v) is 32.0. The molecule has 0 bridgehead atoms. The van der Waals surface area contributed by atoms with Gasteiger partial charge in [0.25, 0.3) is 0 Å². The number of hydrogen-bond acceptors (Lipinski definition) is 3. The maximum absolute atomic E-state index is 11.1. The second-order valence-electron chi connectivity index (χ2n) is 14.0. The molecular formula is C44H46N3OPt-. The maximum Gasteiger partial charge on any atom is 0.124 e. The molecule has 0 saturated carbocycles. The van der Waals surface area contributed by atoms with Crippen molar-refractivity contribution in [3.63, 3.8) is 0 Å². The van der Waals surface area contributed by atoms with Crippen LogP contribution in [0.5, 0.6) is 5.75 Å². The predicted octanol–water partition coefficient (Wildman–Crippen LogP) is 11.9. The summed E-state index contributed by atoms with van der Waals surface area (Å²) in [6, 6.07) is 35.0. The van der Waals surface area contributed by atoms with E-state index in [1.165, 1.54) is 27.9 Å². The number of nitrogens with zero attached hydrogens (tertiary/aromatic N) is 3. The number of pyridine rings is 1. The molecule has 0 aliphatic heterocycles. The smallest absolute Gasteiger partial charge is 0.124 e. The largest absolute Gasteiger partial charge is 0.507 e. The Morgan fingerprint density at radius 3 is 1.84 bits per heavy atom. The molecule has 2 heterocycles. The van der Waals surface area contributed by atoms with Crippen LogP contribution in [0.1, 0.15) is 101 Å². The Morgan fingerprint density at radius 1 is 0.612 bits per heavy atom. The van der Waals surface area contributed by atoms with Crippen molar-refractivity contribution in [2.75, 3.05) is 0 Å². The van der Waals surface area contributed by atoms with Crippen LogP contribution >= 0.6 is 0 Å². The third-order valence-electron chi connectivity index (χ3n) is 9.20. The molecule has 0 spiro atoms. The van der Waals surface area contributed by atoms with Crippen LogP contribution in [0.25, 0.3) is 50.7 Å². The van der Waals surface area contributed by atoms with Crippen molar-refractivity contribution in [2.24, 2.45) is 0 Å². The van der Waals surface area contributed by atoms with Crippen molar-refractivity contribution >= 4 is 0 Å². The molecule has 4 aromatic carbocycles. The number of phenols is 1. The van der Waals surface area contributed by atoms with Gasteiger partial charge in [0.1, 0.15) is 5.75 Å². The van der Waals surface area contributed by atoms with Gasteiger partial charge in [0.05, 0.1) is 11.5 Å². The minimum atomic E-state index is 0. The van der Waals surface area contributed by atoms with Gasteiger partial charge in [-0.05, 0) is 75.3 Å². The summed E-state index contributed by atoms with van der Waals surface area (Å²) in [4.78, 5) is 9.89. The molecular weight excluding hydrogens is 782 g/mol. The van der Waals surface area contributed by atoms with E-state index in [1.807, 2.05) is 42.6 Å². The minimum Gasteiger partial charge on any atom is -0.507 e. The predicted molar refractivity (Wildman–Crippen MR) is 200 cm³/mol. The summed E-state index contributed by atoms with van der Waals surface area (Å²) in [5, 5.41) is 11.1. The van der Waals surface area contributed by atoms with E-state index < -0.39 is 0 Å². The van der Waals surface area contributed by atoms with Gasteiger partial charge in [-0.3, -0.25) is 9.97 Å². The van der Waals surface area contributed by atoms with Gasteiger partial charge in [-0.1, -0.05) is 121 Å². The van der Waals surface area contributed by atoms with Crippen LogP contribution in [0.4, 0.5) is 0 Å². The molecule has 4 nitrogen and oxygen atoms in total. The first kappa shape index (κ1) is 36.0. The van der Waals surface area contributed by atoms with Gasteiger partial charge in [-0.2, -0.15) is 0 Å². The van der Waals surface area contributed by atoms with E-state index in [4.69, 9.17) is 9.97 Å². The van der Waals surface area contributed by atoms with Crippen molar-refractivity contribution in [3.05, 3.63) is 132 Å². The Kier molecular flexibility index (Phi) is 11.1. The Hall–Kier alpha value is -4.27. The van der Waals surface area contributed by atoms with Crippen LogP contribution < -0.4 is 0 Å². The number of aromatic hydroxyl groups is 1. The molecule has 0 radical (unpaired) electrons. The molecule has 2 aromatic heterocycles. The molecule has 0 saturated heterocycles. The van der Waals surface area contributed by atoms with E-state index in [0.717, 1.165) is 33.8 Å². The Balaban J connectivity index is 0.00000468. The Labute approximate surface area is 306 Å². The molecule has 6 aromatic rings. The summed E-state index contributed by atoms with van der Waals surface area (Å²) in [5.74, 6) is 2.62. The van der Waals surface area contributed by atoms with Crippen molar-refractivity contribution in [2.45, 2.75) is 79.1 Å². The van der Waals surface area contributed by atoms with Crippen LogP contribution in [-0.2, 0) is 21.1 Å². The topological polar surface area (TPSA) is 50.9 Å². The molecule has 0 unspecified atom stereocenters. The van der Waals surface area contributed by atoms with Gasteiger partial charge in [0, 0.05) is 50.4 Å². The van der Waals surface area contributed by atoms with Crippen LogP contribution in [0, 0.1) is 6.07 Å². The molecule has 5 heteroatoms. The van der Waals surface area contributed by atoms with Crippen molar-refractivity contribution < 1.29 is 26.2 Å². The molecule has 1 N–H and O–H groups in total. The molecule has 6 rings (SSSR count). The second-order valence-corrected chi connectivity index (χ2v) is 14.0. The number of phenolic OH excluding ortho intramolecular Hbond substituents is 1. The average Bonchev–Trinajstić information content (AvgIpc) is 3.58. The SMILES string of the molecule is CC(C)c1cc(-c2ccc(O)c(-c3cccc(-c4[c-]c(-c5nccn5-c5c(C(C)C)cccc5C(C)C)ccc4)n3)c2)cc(C(C)C)c1.[Pt]. The normalized spacial score (nSPS) is 11.5. The van der Waals surface area contributed by atoms with Gasteiger partial charge < -0.3 is 9.67 Å². The van der Waals surface area contributed by atoms with Crippen LogP contribution in [-0.4, -0.2) is 19.6 Å². The van der Waals surface area contributed by atoms with Gasteiger partial charge in [0.15, 0.2) is 0 Å². The number of para-hydroxylation sites is 1. The second kappa shape index (κ2) is 15.1. The third-order valence-corrected chi connectivity index (χ3v) is 9.20. The molecule has 0 aliphatic rings. The van der Waals surface area contributed by atoms with Crippen molar-refractivity contribution in [1.82, 2.24) is 14.5 Å². The maximum atomic E-state index is 11.1. The van der Waals surface area contributed by atoms with Gasteiger partial charge >= 0.3 is 0 Å². The van der Waals surface area contributed by atoms with Gasteiger partial charge in [0.2, 0.25) is 0 Å². The Bertz CT molecular complexity index is 2020. The molecule has 0 atom stereocenters. The monoisotopic (exact) mass is 827 g/mol. The fourth-order valence-electron chi connectivity index (χ4n) is 6.39. The number of aromatic nitrogens is 3. The number of hydrogen-bond donors (Lipinski definition) is 1. The molecule has 0 aliphatic carbocycles. The minimum absolute atomic E-state index is 0. The fraction of sp³-hybridized carbons (Fsp3) is 0.273. The van der Waals surface area contributed by atoms with Crippen LogP contribution in [0.15, 0.2) is 103 Å². The molecule has 0 fully saturated rings. The first-order valence-electron chi connectivity index (χ1n) is 17.2. The fourth-order valence-corrected chi connectivity index (χ4v) is 6.39. The summed E-state index contributed by atoms with van der Waals surface area (Å²) in [7, 11) is 0. The summed E-state index contributed by atoms with van der Waals surface area (Å²) in [5.41, 5.74) is 12.6. The number of imidazole rings is 1. The first-order valence-corrected chi connectivity index (χ1v) is 17.2. The Morgan fingerprint density at radius 2 is 1.20 bits per heavy atom. The molecule has 49 heavy (non-hydrogen) atoms. The van der Waals surface area contributed by atoms with E-state index in [0.29, 0.717) is 34.9 Å². The third kappa shape index (κ3) is 7.50. The van der Waals surface area contributed by atoms with E-state index >= 15 is 0 Å². The summed E-state index contributed by atoms with van der Waals surface area (Å²) >= 11 is 0. The first-order chi connectivity index (χ1) is 23.0. The standard InChI is InChI=1S/C44H46N3O.Pt/c1-27(2)34-23-35(28(3)4)25-36(24-34)31-18-19-42(48)39(26-31)41-17-11-16-40(46-41)32-12-9-13-33(22-32)44-45-20-21-47(44)43-37(29(5)6)14-10-15-38(43)30(7)8;/h9-21,23-30,48H,1-8H3;/q-1;. The van der Waals surface area contributed by atoms with Gasteiger partial charge in [-0.15, -0.1) is 24.3 Å². The van der Waals surface area contributed by atoms with E-state index in [9.17, 15) is 5.11 Å². The zero-order valence-electron chi connectivity index (χ0n) is 29.7. The van der Waals surface area contributed by atoms with E-state index in [2.05, 4.69) is 121 Å². The van der Waals surface area contributed by atoms with Crippen LogP contribution in [0.2, 0.25) is 0 Å². The summed E-state index contributed by atoms with van der Waals surface area (Å²) in [6.07, 6.45) is 3.92. The van der Waals surface area contributed by atoms with Crippen molar-refractivity contribution in [1.29, 1.82) is 0 Å². The van der Waals surface area contributed by atoms with Crippen LogP contribution in [0.3, 0.4) is 0 Å². The average molecular weight is 828 g/mol. The van der Waals surface area contributed by atoms with E-state index in [1.54, 1.807) is 6.07 Å². The number of benzene rings is 4. The molecule has 0 amide bonds. The molecule has 254 valence electrons. The summed E-state index contributed by atoms with van der Waals surface area (Å²) in [6.45, 7) is 17.9.